The van der Waals surface area contributed by atoms with Crippen molar-refractivity contribution in [1.29, 1.82) is 5.26 Å². The predicted octanol–water partition coefficient (Wildman–Crippen LogP) is 2.62. The second-order valence-corrected chi connectivity index (χ2v) is 6.26. The van der Waals surface area contributed by atoms with Gasteiger partial charge in [0.15, 0.2) is 0 Å². The maximum Gasteiger partial charge on any atom is 0.241 e. The summed E-state index contributed by atoms with van der Waals surface area (Å²) in [5.41, 5.74) is 1.27. The number of nitriles is 1. The fourth-order valence-corrected chi connectivity index (χ4v) is 3.67. The molecule has 2 fully saturated rings. The number of amides is 1. The summed E-state index contributed by atoms with van der Waals surface area (Å²) in [6.07, 6.45) is 3.99. The summed E-state index contributed by atoms with van der Waals surface area (Å²) in [7, 11) is 0. The molecule has 110 valence electrons. The van der Waals surface area contributed by atoms with Gasteiger partial charge in [0.2, 0.25) is 5.91 Å². The van der Waals surface area contributed by atoms with Gasteiger partial charge in [-0.2, -0.15) is 5.26 Å². The lowest BCUT2D eigenvalue weighted by atomic mass is 10.0. The summed E-state index contributed by atoms with van der Waals surface area (Å²) >= 11 is 0. The molecule has 3 atom stereocenters. The molecule has 3 unspecified atom stereocenters. The van der Waals surface area contributed by atoms with Crippen molar-refractivity contribution in [1.82, 2.24) is 4.90 Å². The maximum atomic E-state index is 12.4. The first-order valence-corrected chi connectivity index (χ1v) is 7.72. The summed E-state index contributed by atoms with van der Waals surface area (Å²) < 4.78 is 0. The lowest BCUT2D eigenvalue weighted by molar-refractivity contribution is -0.120. The second kappa shape index (κ2) is 5.87. The first kappa shape index (κ1) is 14.1. The van der Waals surface area contributed by atoms with Crippen LogP contribution in [0, 0.1) is 23.2 Å². The molecule has 1 aromatic carbocycles. The third kappa shape index (κ3) is 2.93. The Labute approximate surface area is 125 Å². The van der Waals surface area contributed by atoms with Crippen molar-refractivity contribution >= 4 is 11.6 Å². The van der Waals surface area contributed by atoms with Crippen LogP contribution < -0.4 is 5.32 Å². The zero-order chi connectivity index (χ0) is 14.8. The summed E-state index contributed by atoms with van der Waals surface area (Å²) in [6.45, 7) is 4.08. The third-order valence-corrected chi connectivity index (χ3v) is 4.94. The normalized spacial score (nSPS) is 26.1. The van der Waals surface area contributed by atoms with E-state index in [1.807, 2.05) is 13.0 Å². The van der Waals surface area contributed by atoms with Gasteiger partial charge < -0.3 is 5.32 Å². The molecule has 21 heavy (non-hydrogen) atoms. The molecule has 1 saturated carbocycles. The molecule has 0 radical (unpaired) electrons. The minimum Gasteiger partial charge on any atom is -0.325 e. The lowest BCUT2D eigenvalue weighted by Crippen LogP contribution is -2.41. The molecule has 1 aliphatic heterocycles. The van der Waals surface area contributed by atoms with Gasteiger partial charge in [0.1, 0.15) is 0 Å². The number of hydrogen-bond acceptors (Lipinski definition) is 3. The zero-order valence-corrected chi connectivity index (χ0v) is 12.4. The van der Waals surface area contributed by atoms with Gasteiger partial charge >= 0.3 is 0 Å². The van der Waals surface area contributed by atoms with E-state index in [0.29, 0.717) is 11.3 Å². The van der Waals surface area contributed by atoms with Crippen molar-refractivity contribution in [2.45, 2.75) is 32.2 Å². The number of likely N-dealkylation sites (tertiary alicyclic amines) is 1. The minimum absolute atomic E-state index is 0.0186. The summed E-state index contributed by atoms with van der Waals surface area (Å²) in [4.78, 5) is 14.7. The molecule has 4 heteroatoms. The van der Waals surface area contributed by atoms with E-state index in [1.54, 1.807) is 18.2 Å². The summed E-state index contributed by atoms with van der Waals surface area (Å²) in [6, 6.07) is 9.04. The van der Waals surface area contributed by atoms with Crippen molar-refractivity contribution < 1.29 is 4.79 Å². The SMILES string of the molecule is CC(C(=O)Nc1cccc(C#N)c1)N1CC2CCCC2C1. The van der Waals surface area contributed by atoms with Gasteiger partial charge in [0.25, 0.3) is 0 Å². The molecule has 4 nitrogen and oxygen atoms in total. The number of carbonyl (C=O) groups excluding carboxylic acids is 1. The van der Waals surface area contributed by atoms with Crippen LogP contribution in [0.1, 0.15) is 31.7 Å². The quantitative estimate of drug-likeness (QED) is 0.927. The molecular formula is C17H21N3O. The fraction of sp³-hybridized carbons (Fsp3) is 0.529. The van der Waals surface area contributed by atoms with E-state index in [2.05, 4.69) is 16.3 Å². The number of carbonyl (C=O) groups is 1. The maximum absolute atomic E-state index is 12.4. The highest BCUT2D eigenvalue weighted by Gasteiger charge is 2.39. The van der Waals surface area contributed by atoms with E-state index in [-0.39, 0.29) is 11.9 Å². The van der Waals surface area contributed by atoms with Crippen LogP contribution in [0.3, 0.4) is 0 Å². The number of hydrogen-bond donors (Lipinski definition) is 1. The van der Waals surface area contributed by atoms with Gasteiger partial charge in [-0.25, -0.2) is 0 Å². The first-order chi connectivity index (χ1) is 10.2. The minimum atomic E-state index is -0.110. The summed E-state index contributed by atoms with van der Waals surface area (Å²) in [5.74, 6) is 1.61. The van der Waals surface area contributed by atoms with Crippen LogP contribution in [0.5, 0.6) is 0 Å². The molecule has 1 N–H and O–H groups in total. The van der Waals surface area contributed by atoms with Gasteiger partial charge in [-0.1, -0.05) is 12.5 Å². The number of nitrogens with zero attached hydrogens (tertiary/aromatic N) is 2. The van der Waals surface area contributed by atoms with Crippen LogP contribution in [0.25, 0.3) is 0 Å². The predicted molar refractivity (Wildman–Crippen MR) is 81.7 cm³/mol. The third-order valence-electron chi connectivity index (χ3n) is 4.94. The molecule has 0 spiro atoms. The van der Waals surface area contributed by atoms with Crippen LogP contribution in [-0.4, -0.2) is 29.9 Å². The van der Waals surface area contributed by atoms with E-state index in [9.17, 15) is 4.79 Å². The Kier molecular flexibility index (Phi) is 3.94. The van der Waals surface area contributed by atoms with Crippen molar-refractivity contribution in [2.24, 2.45) is 11.8 Å². The Morgan fingerprint density at radius 1 is 1.38 bits per heavy atom. The van der Waals surface area contributed by atoms with E-state index >= 15 is 0 Å². The van der Waals surface area contributed by atoms with Crippen LogP contribution in [-0.2, 0) is 4.79 Å². The molecule has 1 amide bonds. The van der Waals surface area contributed by atoms with Crippen LogP contribution in [0.4, 0.5) is 5.69 Å². The fourth-order valence-electron chi connectivity index (χ4n) is 3.67. The number of rotatable bonds is 3. The van der Waals surface area contributed by atoms with E-state index in [1.165, 1.54) is 19.3 Å². The molecular weight excluding hydrogens is 262 g/mol. The van der Waals surface area contributed by atoms with E-state index in [0.717, 1.165) is 24.9 Å². The highest BCUT2D eigenvalue weighted by atomic mass is 16.2. The average Bonchev–Trinajstić information content (AvgIpc) is 3.07. The molecule has 2 aliphatic rings. The number of nitrogens with one attached hydrogen (secondary N) is 1. The first-order valence-electron chi connectivity index (χ1n) is 7.72. The van der Waals surface area contributed by atoms with Gasteiger partial charge in [0.05, 0.1) is 17.7 Å². The number of anilines is 1. The molecule has 0 aromatic heterocycles. The molecule has 1 aromatic rings. The molecule has 1 heterocycles. The average molecular weight is 283 g/mol. The van der Waals surface area contributed by atoms with Crippen LogP contribution in [0.15, 0.2) is 24.3 Å². The van der Waals surface area contributed by atoms with Gasteiger partial charge in [-0.3, -0.25) is 9.69 Å². The Bertz CT molecular complexity index is 566. The Hall–Kier alpha value is -1.86. The van der Waals surface area contributed by atoms with Crippen molar-refractivity contribution in [3.8, 4) is 6.07 Å². The van der Waals surface area contributed by atoms with Gasteiger partial charge in [-0.05, 0) is 49.8 Å². The highest BCUT2D eigenvalue weighted by Crippen LogP contribution is 2.38. The van der Waals surface area contributed by atoms with Crippen LogP contribution >= 0.6 is 0 Å². The van der Waals surface area contributed by atoms with Gasteiger partial charge in [-0.15, -0.1) is 0 Å². The molecule has 3 rings (SSSR count). The topological polar surface area (TPSA) is 56.1 Å². The second-order valence-electron chi connectivity index (χ2n) is 6.26. The van der Waals surface area contributed by atoms with E-state index < -0.39 is 0 Å². The largest absolute Gasteiger partial charge is 0.325 e. The van der Waals surface area contributed by atoms with Crippen molar-refractivity contribution in [3.05, 3.63) is 29.8 Å². The molecule has 1 aliphatic carbocycles. The smallest absolute Gasteiger partial charge is 0.241 e. The zero-order valence-electron chi connectivity index (χ0n) is 12.4. The van der Waals surface area contributed by atoms with E-state index in [4.69, 9.17) is 5.26 Å². The van der Waals surface area contributed by atoms with Gasteiger partial charge in [0, 0.05) is 18.8 Å². The standard InChI is InChI=1S/C17H21N3O/c1-12(20-10-14-5-3-6-15(14)11-20)17(21)19-16-7-2-4-13(8-16)9-18/h2,4,7-8,12,14-15H,3,5-6,10-11H2,1H3,(H,19,21). The Balaban J connectivity index is 1.61. The Morgan fingerprint density at radius 2 is 2.10 bits per heavy atom. The van der Waals surface area contributed by atoms with Crippen molar-refractivity contribution in [3.63, 3.8) is 0 Å². The lowest BCUT2D eigenvalue weighted by Gasteiger charge is -2.24. The Morgan fingerprint density at radius 3 is 2.76 bits per heavy atom. The number of fused-ring (bicyclic) bond motifs is 1. The monoisotopic (exact) mass is 283 g/mol. The molecule has 0 bridgehead atoms. The van der Waals surface area contributed by atoms with Crippen LogP contribution in [0.2, 0.25) is 0 Å². The highest BCUT2D eigenvalue weighted by molar-refractivity contribution is 5.94. The summed E-state index contributed by atoms with van der Waals surface area (Å²) in [5, 5.41) is 11.8. The number of benzene rings is 1. The molecule has 1 saturated heterocycles. The van der Waals surface area contributed by atoms with Crippen molar-refractivity contribution in [2.75, 3.05) is 18.4 Å².